The maximum atomic E-state index is 12.7. The first-order valence-corrected chi connectivity index (χ1v) is 8.74. The van der Waals surface area contributed by atoms with Crippen molar-refractivity contribution in [1.29, 1.82) is 0 Å². The molecule has 0 saturated heterocycles. The minimum Gasteiger partial charge on any atom is -0.454 e. The summed E-state index contributed by atoms with van der Waals surface area (Å²) < 4.78 is 10.6. The molecule has 0 radical (unpaired) electrons. The van der Waals surface area contributed by atoms with Gasteiger partial charge in [-0.15, -0.1) is 0 Å². The van der Waals surface area contributed by atoms with Crippen LogP contribution in [-0.2, 0) is 0 Å². The predicted molar refractivity (Wildman–Crippen MR) is 104 cm³/mol. The van der Waals surface area contributed by atoms with Gasteiger partial charge in [-0.1, -0.05) is 18.2 Å². The SMILES string of the molecule is CCN(c1ccccc1)c1cc(C(=O)Nc2ccc3c(c2)OCO3)ccn1. The molecule has 3 aromatic rings. The number of amides is 1. The molecule has 6 heteroatoms. The highest BCUT2D eigenvalue weighted by Crippen LogP contribution is 2.34. The van der Waals surface area contributed by atoms with Crippen molar-refractivity contribution in [3.63, 3.8) is 0 Å². The normalized spacial score (nSPS) is 11.9. The van der Waals surface area contributed by atoms with Crippen molar-refractivity contribution in [3.8, 4) is 11.5 Å². The van der Waals surface area contributed by atoms with Crippen LogP contribution in [0.5, 0.6) is 11.5 Å². The van der Waals surface area contributed by atoms with Gasteiger partial charge in [-0.05, 0) is 43.3 Å². The van der Waals surface area contributed by atoms with E-state index in [-0.39, 0.29) is 12.7 Å². The van der Waals surface area contributed by atoms with Gasteiger partial charge in [-0.25, -0.2) is 4.98 Å². The molecular formula is C21H19N3O3. The number of carbonyl (C=O) groups is 1. The smallest absolute Gasteiger partial charge is 0.255 e. The van der Waals surface area contributed by atoms with Crippen LogP contribution in [0, 0.1) is 0 Å². The maximum absolute atomic E-state index is 12.7. The second-order valence-electron chi connectivity index (χ2n) is 6.00. The van der Waals surface area contributed by atoms with Crippen LogP contribution in [0.25, 0.3) is 0 Å². The van der Waals surface area contributed by atoms with Crippen molar-refractivity contribution >= 4 is 23.1 Å². The predicted octanol–water partition coefficient (Wildman–Crippen LogP) is 4.22. The van der Waals surface area contributed by atoms with E-state index in [2.05, 4.69) is 15.2 Å². The van der Waals surface area contributed by atoms with E-state index >= 15 is 0 Å². The number of benzene rings is 2. The molecule has 136 valence electrons. The standard InChI is InChI=1S/C21H19N3O3/c1-2-24(17-6-4-3-5-7-17)20-12-15(10-11-22-20)21(25)23-16-8-9-18-19(13-16)27-14-26-18/h3-13H,2,14H2,1H3,(H,23,25). The van der Waals surface area contributed by atoms with Gasteiger partial charge in [0.25, 0.3) is 5.91 Å². The first kappa shape index (κ1) is 16.9. The van der Waals surface area contributed by atoms with Crippen molar-refractivity contribution in [2.45, 2.75) is 6.92 Å². The molecule has 0 unspecified atom stereocenters. The van der Waals surface area contributed by atoms with Gasteiger partial charge in [-0.2, -0.15) is 0 Å². The van der Waals surface area contributed by atoms with Gasteiger partial charge in [0.05, 0.1) is 0 Å². The topological polar surface area (TPSA) is 63.7 Å². The Bertz CT molecular complexity index is 960. The monoisotopic (exact) mass is 361 g/mol. The minimum atomic E-state index is -0.207. The third kappa shape index (κ3) is 3.55. The summed E-state index contributed by atoms with van der Waals surface area (Å²) in [6.07, 6.45) is 1.65. The second-order valence-corrected chi connectivity index (χ2v) is 6.00. The number of hydrogen-bond donors (Lipinski definition) is 1. The molecule has 0 spiro atoms. The molecule has 1 aromatic heterocycles. The number of aromatic nitrogens is 1. The Morgan fingerprint density at radius 2 is 1.89 bits per heavy atom. The van der Waals surface area contributed by atoms with Crippen LogP contribution in [0.2, 0.25) is 0 Å². The minimum absolute atomic E-state index is 0.201. The van der Waals surface area contributed by atoms with Crippen LogP contribution in [-0.4, -0.2) is 24.2 Å². The van der Waals surface area contributed by atoms with Crippen molar-refractivity contribution in [2.75, 3.05) is 23.6 Å². The molecule has 0 aliphatic carbocycles. The zero-order chi connectivity index (χ0) is 18.6. The molecule has 0 bridgehead atoms. The molecular weight excluding hydrogens is 342 g/mol. The fraction of sp³-hybridized carbons (Fsp3) is 0.143. The Morgan fingerprint density at radius 3 is 2.70 bits per heavy atom. The summed E-state index contributed by atoms with van der Waals surface area (Å²) in [6, 6.07) is 18.8. The Hall–Kier alpha value is -3.54. The largest absolute Gasteiger partial charge is 0.454 e. The van der Waals surface area contributed by atoms with Crippen LogP contribution >= 0.6 is 0 Å². The number of fused-ring (bicyclic) bond motifs is 1. The molecule has 1 aliphatic heterocycles. The number of rotatable bonds is 5. The van der Waals surface area contributed by atoms with E-state index in [1.165, 1.54) is 0 Å². The number of carbonyl (C=O) groups excluding carboxylic acids is 1. The van der Waals surface area contributed by atoms with E-state index in [0.717, 1.165) is 18.1 Å². The zero-order valence-corrected chi connectivity index (χ0v) is 14.9. The van der Waals surface area contributed by atoms with E-state index in [4.69, 9.17) is 9.47 Å². The molecule has 2 aromatic carbocycles. The first-order valence-electron chi connectivity index (χ1n) is 8.74. The highest BCUT2D eigenvalue weighted by molar-refractivity contribution is 6.04. The Morgan fingerprint density at radius 1 is 1.07 bits per heavy atom. The average molecular weight is 361 g/mol. The lowest BCUT2D eigenvalue weighted by atomic mass is 10.2. The fourth-order valence-electron chi connectivity index (χ4n) is 2.97. The van der Waals surface area contributed by atoms with E-state index in [1.54, 1.807) is 36.5 Å². The molecule has 1 aliphatic rings. The molecule has 0 fully saturated rings. The van der Waals surface area contributed by atoms with Crippen molar-refractivity contribution in [1.82, 2.24) is 4.98 Å². The van der Waals surface area contributed by atoms with Gasteiger partial charge in [0.2, 0.25) is 6.79 Å². The quantitative estimate of drug-likeness (QED) is 0.737. The maximum Gasteiger partial charge on any atom is 0.255 e. The number of nitrogens with one attached hydrogen (secondary N) is 1. The van der Waals surface area contributed by atoms with Crippen LogP contribution in [0.4, 0.5) is 17.2 Å². The van der Waals surface area contributed by atoms with Crippen LogP contribution in [0.15, 0.2) is 66.9 Å². The second kappa shape index (κ2) is 7.37. The molecule has 1 N–H and O–H groups in total. The Kier molecular flexibility index (Phi) is 4.61. The molecule has 0 atom stereocenters. The zero-order valence-electron chi connectivity index (χ0n) is 14.9. The third-order valence-electron chi connectivity index (χ3n) is 4.30. The molecule has 0 saturated carbocycles. The summed E-state index contributed by atoms with van der Waals surface area (Å²) in [5.74, 6) is 1.83. The molecule has 2 heterocycles. The number of pyridine rings is 1. The summed E-state index contributed by atoms with van der Waals surface area (Å²) >= 11 is 0. The third-order valence-corrected chi connectivity index (χ3v) is 4.30. The molecule has 27 heavy (non-hydrogen) atoms. The fourth-order valence-corrected chi connectivity index (χ4v) is 2.97. The highest BCUT2D eigenvalue weighted by atomic mass is 16.7. The van der Waals surface area contributed by atoms with E-state index in [1.807, 2.05) is 37.3 Å². The van der Waals surface area contributed by atoms with Gasteiger partial charge in [0, 0.05) is 35.7 Å². The first-order chi connectivity index (χ1) is 13.2. The van der Waals surface area contributed by atoms with Crippen LogP contribution in [0.1, 0.15) is 17.3 Å². The summed E-state index contributed by atoms with van der Waals surface area (Å²) in [5.41, 5.74) is 2.21. The number of nitrogens with zero attached hydrogens (tertiary/aromatic N) is 2. The van der Waals surface area contributed by atoms with Crippen LogP contribution < -0.4 is 19.7 Å². The molecule has 4 rings (SSSR count). The number of para-hydroxylation sites is 1. The summed E-state index contributed by atoms with van der Waals surface area (Å²) in [4.78, 5) is 19.2. The number of hydrogen-bond acceptors (Lipinski definition) is 5. The van der Waals surface area contributed by atoms with Crippen molar-refractivity contribution in [2.24, 2.45) is 0 Å². The van der Waals surface area contributed by atoms with Crippen molar-refractivity contribution in [3.05, 3.63) is 72.4 Å². The van der Waals surface area contributed by atoms with E-state index in [0.29, 0.717) is 22.7 Å². The summed E-state index contributed by atoms with van der Waals surface area (Å²) in [7, 11) is 0. The number of ether oxygens (including phenoxy) is 2. The van der Waals surface area contributed by atoms with Crippen LogP contribution in [0.3, 0.4) is 0 Å². The van der Waals surface area contributed by atoms with Gasteiger partial charge in [-0.3, -0.25) is 4.79 Å². The summed E-state index contributed by atoms with van der Waals surface area (Å²) in [6.45, 7) is 2.99. The lowest BCUT2D eigenvalue weighted by molar-refractivity contribution is 0.102. The lowest BCUT2D eigenvalue weighted by Crippen LogP contribution is -2.19. The molecule has 1 amide bonds. The van der Waals surface area contributed by atoms with E-state index in [9.17, 15) is 4.79 Å². The van der Waals surface area contributed by atoms with E-state index < -0.39 is 0 Å². The summed E-state index contributed by atoms with van der Waals surface area (Å²) in [5, 5.41) is 2.89. The van der Waals surface area contributed by atoms with Gasteiger partial charge in [0.1, 0.15) is 5.82 Å². The number of anilines is 3. The van der Waals surface area contributed by atoms with Gasteiger partial charge < -0.3 is 19.7 Å². The lowest BCUT2D eigenvalue weighted by Gasteiger charge is -2.22. The molecule has 6 nitrogen and oxygen atoms in total. The Balaban J connectivity index is 1.55. The van der Waals surface area contributed by atoms with Gasteiger partial charge >= 0.3 is 0 Å². The van der Waals surface area contributed by atoms with Crippen molar-refractivity contribution < 1.29 is 14.3 Å². The van der Waals surface area contributed by atoms with Gasteiger partial charge in [0.15, 0.2) is 11.5 Å². The highest BCUT2D eigenvalue weighted by Gasteiger charge is 2.16. The average Bonchev–Trinajstić information content (AvgIpc) is 3.17. The Labute approximate surface area is 157 Å².